The zero-order chi connectivity index (χ0) is 30.9. The van der Waals surface area contributed by atoms with Crippen molar-refractivity contribution in [3.8, 4) is 5.75 Å². The normalized spacial score (nSPS) is 21.2. The molecule has 1 aromatic heterocycles. The number of carbonyl (C=O) groups is 4. The van der Waals surface area contributed by atoms with Gasteiger partial charge in [0.15, 0.2) is 6.23 Å². The average Bonchev–Trinajstić information content (AvgIpc) is 3.42. The first-order valence-corrected chi connectivity index (χ1v) is 13.7. The molecule has 3 aromatic rings. The number of β-lactam (4-membered cyclic amide) rings is 1. The van der Waals surface area contributed by atoms with Crippen LogP contribution in [0.1, 0.15) is 26.3 Å². The molecule has 2 aliphatic heterocycles. The smallest absolute Gasteiger partial charge is 0.352 e. The van der Waals surface area contributed by atoms with E-state index in [-0.39, 0.29) is 40.3 Å². The van der Waals surface area contributed by atoms with E-state index in [4.69, 9.17) is 14.2 Å². The summed E-state index contributed by atoms with van der Waals surface area (Å²) in [6, 6.07) is 12.5. The Morgan fingerprint density at radius 1 is 1.12 bits per heavy atom. The van der Waals surface area contributed by atoms with Gasteiger partial charge in [-0.2, -0.15) is 0 Å². The predicted molar refractivity (Wildman–Crippen MR) is 147 cm³/mol. The zero-order valence-corrected chi connectivity index (χ0v) is 23.9. The van der Waals surface area contributed by atoms with Crippen LogP contribution in [0.15, 0.2) is 65.0 Å². The molecule has 0 saturated carbocycles. The number of nitrogens with one attached hydrogen (secondary N) is 1. The number of carboxylic acid groups (broad SMARTS) is 2. The van der Waals surface area contributed by atoms with Crippen LogP contribution in [0.25, 0.3) is 0 Å². The van der Waals surface area contributed by atoms with Crippen molar-refractivity contribution in [2.45, 2.75) is 29.6 Å². The lowest BCUT2D eigenvalue weighted by Gasteiger charge is -2.57. The first kappa shape index (κ1) is 29.7. The molecule has 43 heavy (non-hydrogen) atoms. The minimum absolute atomic E-state index is 0.0171. The van der Waals surface area contributed by atoms with Gasteiger partial charge in [-0.15, -0.1) is 5.10 Å². The molecule has 2 aliphatic rings. The van der Waals surface area contributed by atoms with Crippen molar-refractivity contribution in [1.82, 2.24) is 30.4 Å². The number of thioether (sulfide) groups is 1. The summed E-state index contributed by atoms with van der Waals surface area (Å²) in [6.07, 6.45) is -2.30. The van der Waals surface area contributed by atoms with Gasteiger partial charge in [0, 0.05) is 31.9 Å². The maximum absolute atomic E-state index is 13.7. The van der Waals surface area contributed by atoms with Gasteiger partial charge in [-0.05, 0) is 40.3 Å². The number of tetrazole rings is 1. The topological polar surface area (TPSA) is 195 Å². The van der Waals surface area contributed by atoms with Gasteiger partial charge in [0.05, 0.1) is 24.3 Å². The van der Waals surface area contributed by atoms with Crippen LogP contribution in [0, 0.1) is 0 Å². The maximum Gasteiger partial charge on any atom is 0.352 e. The van der Waals surface area contributed by atoms with Gasteiger partial charge in [-0.25, -0.2) is 14.3 Å². The molecule has 224 valence electrons. The number of fused-ring (bicyclic) bond motifs is 1. The highest BCUT2D eigenvalue weighted by Gasteiger charge is 2.68. The lowest BCUT2D eigenvalue weighted by atomic mass is 9.89. The van der Waals surface area contributed by atoms with Gasteiger partial charge >= 0.3 is 11.9 Å². The molecule has 2 aromatic carbocycles. The fourth-order valence-corrected chi connectivity index (χ4v) is 5.88. The zero-order valence-electron chi connectivity index (χ0n) is 23.1. The maximum atomic E-state index is 13.7. The Morgan fingerprint density at radius 2 is 1.88 bits per heavy atom. The minimum Gasteiger partial charge on any atom is -0.496 e. The number of para-hydroxylation sites is 1. The van der Waals surface area contributed by atoms with Gasteiger partial charge in [-0.3, -0.25) is 14.5 Å². The Labute approximate surface area is 248 Å². The molecule has 3 heterocycles. The van der Waals surface area contributed by atoms with Gasteiger partial charge < -0.3 is 29.7 Å². The second kappa shape index (κ2) is 11.8. The molecule has 1 fully saturated rings. The lowest BCUT2D eigenvalue weighted by Crippen LogP contribution is -2.83. The van der Waals surface area contributed by atoms with Crippen molar-refractivity contribution in [2.75, 3.05) is 20.0 Å². The minimum atomic E-state index is -2.06. The van der Waals surface area contributed by atoms with E-state index in [9.17, 15) is 29.4 Å². The Bertz CT molecular complexity index is 1640. The van der Waals surface area contributed by atoms with E-state index in [0.29, 0.717) is 10.7 Å². The van der Waals surface area contributed by atoms with Crippen LogP contribution in [0.4, 0.5) is 0 Å². The fraction of sp³-hybridized carbons (Fsp3) is 0.296. The van der Waals surface area contributed by atoms with Crippen molar-refractivity contribution >= 4 is 35.5 Å². The molecule has 1 unspecified atom stereocenters. The van der Waals surface area contributed by atoms with E-state index < -0.39 is 41.8 Å². The summed E-state index contributed by atoms with van der Waals surface area (Å²) >= 11 is 1.13. The van der Waals surface area contributed by atoms with Crippen molar-refractivity contribution < 1.29 is 43.6 Å². The molecule has 0 spiro atoms. The van der Waals surface area contributed by atoms with Gasteiger partial charge in [0.25, 0.3) is 17.5 Å². The third kappa shape index (κ3) is 5.31. The number of hydrogen-bond acceptors (Lipinski definition) is 11. The predicted octanol–water partition coefficient (Wildman–Crippen LogP) is 0.930. The summed E-state index contributed by atoms with van der Waals surface area (Å²) < 4.78 is 18.6. The third-order valence-corrected chi connectivity index (χ3v) is 8.11. The molecule has 15 nitrogen and oxygen atoms in total. The summed E-state index contributed by atoms with van der Waals surface area (Å²) in [5.74, 6) is -3.83. The number of nitrogens with zero attached hydrogens (tertiary/aromatic N) is 5. The van der Waals surface area contributed by atoms with Crippen LogP contribution in [0.2, 0.25) is 0 Å². The number of hydrogen-bond donors (Lipinski definition) is 3. The molecule has 0 aliphatic carbocycles. The van der Waals surface area contributed by atoms with Crippen LogP contribution in [-0.4, -0.2) is 97.1 Å². The Hall–Kier alpha value is -4.80. The number of methoxy groups -OCH3 is 2. The van der Waals surface area contributed by atoms with Crippen LogP contribution >= 0.6 is 11.8 Å². The highest BCUT2D eigenvalue weighted by molar-refractivity contribution is 7.99. The molecule has 3 atom stereocenters. The van der Waals surface area contributed by atoms with Gasteiger partial charge in [-0.1, -0.05) is 36.0 Å². The number of carboxylic acids is 2. The molecular weight excluding hydrogens is 584 g/mol. The summed E-state index contributed by atoms with van der Waals surface area (Å²) in [5, 5.41) is 34.1. The number of benzene rings is 2. The highest BCUT2D eigenvalue weighted by atomic mass is 32.2. The third-order valence-electron chi connectivity index (χ3n) is 7.05. The Morgan fingerprint density at radius 3 is 2.53 bits per heavy atom. The van der Waals surface area contributed by atoms with Gasteiger partial charge in [0.1, 0.15) is 11.4 Å². The highest BCUT2D eigenvalue weighted by Crippen LogP contribution is 2.44. The standard InChI is InChI=1S/C27H26N6O9S/c1-32-26(29-30-31-32)43-13-17-19(12-14-7-6-8-15(11-14)22(35)36)42-25-27(41-3,24(39)33(25)20(17)23(37)38)28-21(34)16-9-4-5-10-18(16)40-2/h4-11,19,25H,12-13H2,1-3H3,(H,28,34)(H,35,36)(H,37,38)/t19?,25-,27+/m1/s1. The summed E-state index contributed by atoms with van der Waals surface area (Å²) in [6.45, 7) is 0. The number of aryl methyl sites for hydroxylation is 1. The van der Waals surface area contributed by atoms with E-state index in [1.54, 1.807) is 37.4 Å². The van der Waals surface area contributed by atoms with E-state index >= 15 is 0 Å². The first-order valence-electron chi connectivity index (χ1n) is 12.7. The Kier molecular flexibility index (Phi) is 8.16. The average molecular weight is 611 g/mol. The lowest BCUT2D eigenvalue weighted by molar-refractivity contribution is -0.266. The summed E-state index contributed by atoms with van der Waals surface area (Å²) in [7, 11) is 4.21. The van der Waals surface area contributed by atoms with Crippen molar-refractivity contribution in [1.29, 1.82) is 0 Å². The molecule has 3 N–H and O–H groups in total. The number of amides is 2. The van der Waals surface area contributed by atoms with Crippen molar-refractivity contribution in [2.24, 2.45) is 7.05 Å². The quantitative estimate of drug-likeness (QED) is 0.158. The largest absolute Gasteiger partial charge is 0.496 e. The molecule has 0 radical (unpaired) electrons. The number of ether oxygens (including phenoxy) is 3. The molecular formula is C27H26N6O9S. The molecule has 2 amide bonds. The summed E-state index contributed by atoms with van der Waals surface area (Å²) in [4.78, 5) is 52.2. The van der Waals surface area contributed by atoms with Crippen LogP contribution in [0.5, 0.6) is 5.75 Å². The Balaban J connectivity index is 1.54. The van der Waals surface area contributed by atoms with Crippen LogP contribution < -0.4 is 10.1 Å². The molecule has 16 heteroatoms. The first-order chi connectivity index (χ1) is 20.6. The molecule has 0 bridgehead atoms. The van der Waals surface area contributed by atoms with Gasteiger partial charge in [0.2, 0.25) is 5.16 Å². The van der Waals surface area contributed by atoms with E-state index in [1.807, 2.05) is 0 Å². The van der Waals surface area contributed by atoms with E-state index in [1.165, 1.54) is 37.1 Å². The van der Waals surface area contributed by atoms with E-state index in [2.05, 4.69) is 20.8 Å². The molecule has 5 rings (SSSR count). The second-order valence-electron chi connectivity index (χ2n) is 9.51. The number of carbonyl (C=O) groups excluding carboxylic acids is 2. The van der Waals surface area contributed by atoms with E-state index in [0.717, 1.165) is 16.7 Å². The monoisotopic (exact) mass is 610 g/mol. The van der Waals surface area contributed by atoms with Crippen molar-refractivity contribution in [3.63, 3.8) is 0 Å². The number of aromatic carboxylic acids is 1. The fourth-order valence-electron chi connectivity index (χ4n) is 4.95. The van der Waals surface area contributed by atoms with Crippen LogP contribution in [-0.2, 0) is 32.5 Å². The van der Waals surface area contributed by atoms with Crippen molar-refractivity contribution in [3.05, 3.63) is 76.5 Å². The molecule has 1 saturated heterocycles. The SMILES string of the molecule is COc1ccccc1C(=O)N[C@]1(OC)C(=O)N2C(C(=O)O)=C(CSc3nnnn3C)C(Cc3cccc(C(=O)O)c3)O[C@@H]21. The van der Waals surface area contributed by atoms with Crippen LogP contribution in [0.3, 0.4) is 0 Å². The number of rotatable bonds is 11. The second-order valence-corrected chi connectivity index (χ2v) is 10.5. The summed E-state index contributed by atoms with van der Waals surface area (Å²) in [5.41, 5.74) is -1.49. The number of aromatic nitrogens is 4. The number of aliphatic carboxylic acids is 1.